The molecule has 0 radical (unpaired) electrons. The SMILES string of the molecule is CCCCCCC(F)(F)C(F)(F)[C](F)(F)[Al-]([C](F)(F)C(F)(F)C(F)(F)CCCCCC)([C](F)(F)C(F)(F)C(F)(F)CCCCCC)[C](F)(F)C(F)(F)C(F)(F)CCCCCC.Fc1c(F)c(F)c([NH+]2C=Cc3ccccc32)c(F)c1F. The Morgan fingerprint density at radius 2 is 0.580 bits per heavy atom. The van der Waals surface area contributed by atoms with E-state index in [2.05, 4.69) is 0 Å². The Labute approximate surface area is 449 Å². The molecule has 1 unspecified atom stereocenters. The zero-order valence-corrected chi connectivity index (χ0v) is 44.8. The topological polar surface area (TPSA) is 4.44 Å². The van der Waals surface area contributed by atoms with Crippen molar-refractivity contribution in [2.45, 2.75) is 223 Å². The summed E-state index contributed by atoms with van der Waals surface area (Å²) in [7, 11) is 0. The van der Waals surface area contributed by atoms with Crippen LogP contribution in [-0.2, 0) is 0 Å². The minimum absolute atomic E-state index is 0.0200. The van der Waals surface area contributed by atoms with Crippen molar-refractivity contribution in [2.75, 3.05) is 0 Å². The number of halogens is 29. The first kappa shape index (κ1) is 73.7. The Balaban J connectivity index is 0.000000919. The number of rotatable bonds is 33. The monoisotopic (exact) mass is 1250 g/mol. The first-order valence-corrected chi connectivity index (χ1v) is 27.9. The summed E-state index contributed by atoms with van der Waals surface area (Å²) in [5.41, 5.74) is 0.185. The van der Waals surface area contributed by atoms with Crippen LogP contribution in [0.15, 0.2) is 30.5 Å². The third-order valence-electron chi connectivity index (χ3n) is 14.2. The fraction of sp³-hybridized carbons (Fsp3) is 0.720. The van der Waals surface area contributed by atoms with Crippen LogP contribution in [0.1, 0.15) is 162 Å². The van der Waals surface area contributed by atoms with Crippen LogP contribution in [0.2, 0.25) is 0 Å². The van der Waals surface area contributed by atoms with Gasteiger partial charge in [-0.05, 0) is 31.7 Å². The highest BCUT2D eigenvalue weighted by Crippen LogP contribution is 2.73. The molecule has 470 valence electrons. The molecule has 2 aromatic rings. The van der Waals surface area contributed by atoms with Gasteiger partial charge < -0.3 is 0 Å². The lowest BCUT2D eigenvalue weighted by Gasteiger charge is -2.61. The smallest absolute Gasteiger partial charge is 0.253 e. The van der Waals surface area contributed by atoms with Gasteiger partial charge in [-0.25, -0.2) is 18.1 Å². The van der Waals surface area contributed by atoms with E-state index in [1.165, 1.54) is 33.9 Å². The van der Waals surface area contributed by atoms with E-state index in [1.807, 2.05) is 0 Å². The Kier molecular flexibility index (Phi) is 24.5. The predicted octanol–water partition coefficient (Wildman–Crippen LogP) is 20.3. The van der Waals surface area contributed by atoms with Gasteiger partial charge in [0, 0.05) is 43.4 Å². The van der Waals surface area contributed by atoms with Crippen LogP contribution >= 0.6 is 0 Å². The second-order valence-electron chi connectivity index (χ2n) is 20.0. The first-order valence-electron chi connectivity index (χ1n) is 25.6. The predicted molar refractivity (Wildman–Crippen MR) is 242 cm³/mol. The summed E-state index contributed by atoms with van der Waals surface area (Å²) in [4.78, 5) is -38.9. The summed E-state index contributed by atoms with van der Waals surface area (Å²) in [6.45, 7) is 5.09. The minimum atomic E-state index is -13.7. The normalized spacial score (nSPS) is 15.8. The maximum Gasteiger partial charge on any atom is 0.540 e. The van der Waals surface area contributed by atoms with Crippen LogP contribution in [0.5, 0.6) is 0 Å². The lowest BCUT2D eigenvalue weighted by Crippen LogP contribution is -2.96. The molecule has 0 aromatic heterocycles. The van der Waals surface area contributed by atoms with Crippen LogP contribution < -0.4 is 4.90 Å². The van der Waals surface area contributed by atoms with Crippen molar-refractivity contribution in [3.63, 3.8) is 0 Å². The fourth-order valence-corrected chi connectivity index (χ4v) is 15.1. The van der Waals surface area contributed by atoms with Crippen molar-refractivity contribution in [1.29, 1.82) is 0 Å². The van der Waals surface area contributed by atoms with Gasteiger partial charge in [-0.15, -0.1) is 0 Å². The Bertz CT molecular complexity index is 2140. The fourth-order valence-electron chi connectivity index (χ4n) is 9.36. The molecule has 0 saturated carbocycles. The number of unbranched alkanes of at least 4 members (excludes halogenated alkanes) is 12. The molecule has 1 nitrogen and oxygen atoms in total. The number of benzene rings is 2. The van der Waals surface area contributed by atoms with Gasteiger partial charge >= 0.3 is 60.5 Å². The summed E-state index contributed by atoms with van der Waals surface area (Å²) in [5, 5.41) is 0. The van der Waals surface area contributed by atoms with E-state index in [4.69, 9.17) is 0 Å². The van der Waals surface area contributed by atoms with E-state index < -0.39 is 191 Å². The van der Waals surface area contributed by atoms with Crippen molar-refractivity contribution < 1.29 is 132 Å². The van der Waals surface area contributed by atoms with E-state index in [-0.39, 0.29) is 56.3 Å². The summed E-state index contributed by atoms with van der Waals surface area (Å²) in [6.07, 6.45) is -20.0. The zero-order chi connectivity index (χ0) is 63.1. The molecule has 3 rings (SSSR count). The number of hydrogen-bond acceptors (Lipinski definition) is 0. The largest absolute Gasteiger partial charge is 0.540 e. The Hall–Kier alpha value is -3.36. The molecule has 0 fully saturated rings. The molecule has 1 atom stereocenters. The lowest BCUT2D eigenvalue weighted by atomic mass is 10.0. The minimum Gasteiger partial charge on any atom is -0.253 e. The highest BCUT2D eigenvalue weighted by molar-refractivity contribution is 6.89. The van der Waals surface area contributed by atoms with Gasteiger partial charge in [-0.2, -0.15) is 79.0 Å². The van der Waals surface area contributed by atoms with E-state index in [0.29, 0.717) is 11.3 Å². The third kappa shape index (κ3) is 13.1. The second kappa shape index (κ2) is 26.9. The molecule has 1 N–H and O–H groups in total. The van der Waals surface area contributed by atoms with Gasteiger partial charge in [0.2, 0.25) is 34.8 Å². The van der Waals surface area contributed by atoms with E-state index in [1.54, 1.807) is 30.3 Å². The van der Waals surface area contributed by atoms with Crippen molar-refractivity contribution in [3.8, 4) is 0 Å². The second-order valence-corrected chi connectivity index (χ2v) is 24.6. The molecule has 0 saturated heterocycles. The van der Waals surface area contributed by atoms with Crippen molar-refractivity contribution in [2.24, 2.45) is 0 Å². The Morgan fingerprint density at radius 1 is 0.333 bits per heavy atom. The third-order valence-corrected chi connectivity index (χ3v) is 20.0. The molecule has 0 amide bonds. The van der Waals surface area contributed by atoms with Gasteiger partial charge in [0.15, 0.2) is 19.1 Å². The number of fused-ring (bicyclic) bond motifs is 1. The van der Waals surface area contributed by atoms with Crippen molar-refractivity contribution in [3.05, 3.63) is 65.1 Å². The molecule has 2 aromatic carbocycles. The van der Waals surface area contributed by atoms with Gasteiger partial charge in [-0.1, -0.05) is 117 Å². The maximum absolute atomic E-state index is 16.6. The van der Waals surface area contributed by atoms with E-state index >= 15 is 105 Å². The van der Waals surface area contributed by atoms with Crippen LogP contribution in [0.3, 0.4) is 0 Å². The molecular weight excluding hydrogens is 1190 g/mol. The summed E-state index contributed by atoms with van der Waals surface area (Å²) >= 11 is -13.7. The standard InChI is InChI=1S/C14H6F5N.4C9H13F6.Al/c15-9-10(16)12(18)14(13(19)11(9)17)20-6-5-7-3-1-2-4-8(7)20;4*1-2-3-4-5-6-8(12,13)9(14,15)7(10)11;/h1-6H;4*2-6H2,1H3;/q;;;;;-1/p+1. The molecule has 31 heteroatoms. The van der Waals surface area contributed by atoms with Crippen LogP contribution in [-0.4, -0.2) is 79.6 Å². The number of nitrogens with one attached hydrogen (secondary N) is 1. The molecule has 0 spiro atoms. The molecule has 0 bridgehead atoms. The summed E-state index contributed by atoms with van der Waals surface area (Å²) in [6, 6.07) is 6.58. The average molecular weight is 1250 g/mol. The highest BCUT2D eigenvalue weighted by Gasteiger charge is 3.07. The molecule has 0 aliphatic carbocycles. The number of para-hydroxylation sites is 1. The van der Waals surface area contributed by atoms with Crippen LogP contribution in [0, 0.1) is 29.1 Å². The highest BCUT2D eigenvalue weighted by atomic mass is 27.3. The van der Waals surface area contributed by atoms with Crippen molar-refractivity contribution in [1.82, 2.24) is 0 Å². The summed E-state index contributed by atoms with van der Waals surface area (Å²) in [5.74, 6) is -73.5. The number of alkyl halides is 24. The van der Waals surface area contributed by atoms with E-state index in [0.717, 1.165) is 0 Å². The van der Waals surface area contributed by atoms with Crippen LogP contribution in [0.25, 0.3) is 6.08 Å². The maximum atomic E-state index is 16.6. The number of hydrogen-bond donors (Lipinski definition) is 1. The molecule has 81 heavy (non-hydrogen) atoms. The molecule has 1 aliphatic heterocycles. The van der Waals surface area contributed by atoms with Gasteiger partial charge in [0.25, 0.3) is 0 Å². The molecule has 1 heterocycles. The van der Waals surface area contributed by atoms with Gasteiger partial charge in [0.1, 0.15) is 11.9 Å². The molecular formula is C50H59AlF29N. The van der Waals surface area contributed by atoms with Crippen molar-refractivity contribution >= 4 is 30.5 Å². The quantitative estimate of drug-likeness (QED) is 0.0239. The average Bonchev–Trinajstić information content (AvgIpc) is 3.78. The van der Waals surface area contributed by atoms with Crippen LogP contribution in [0.4, 0.5) is 139 Å². The van der Waals surface area contributed by atoms with E-state index in [9.17, 15) is 22.0 Å². The Morgan fingerprint density at radius 3 is 0.840 bits per heavy atom. The zero-order valence-electron chi connectivity index (χ0n) is 43.6. The number of quaternary nitrogens is 1. The van der Waals surface area contributed by atoms with Gasteiger partial charge in [-0.3, -0.25) is 35.1 Å². The molecule has 1 aliphatic rings. The summed E-state index contributed by atoms with van der Waals surface area (Å²) < 4.78 is 447. The first-order chi connectivity index (χ1) is 36.8. The lowest BCUT2D eigenvalue weighted by molar-refractivity contribution is -0.696. The van der Waals surface area contributed by atoms with Gasteiger partial charge in [0.05, 0.1) is 0 Å².